The summed E-state index contributed by atoms with van der Waals surface area (Å²) in [5.41, 5.74) is 1.06. The van der Waals surface area contributed by atoms with Gasteiger partial charge >= 0.3 is 0 Å². The number of nitrogens with zero attached hydrogens (tertiary/aromatic N) is 2. The monoisotopic (exact) mass is 262 g/mol. The lowest BCUT2D eigenvalue weighted by Crippen LogP contribution is -2.26. The molecule has 1 aromatic carbocycles. The molecule has 0 N–H and O–H groups in total. The van der Waals surface area contributed by atoms with E-state index in [4.69, 9.17) is 0 Å². The summed E-state index contributed by atoms with van der Waals surface area (Å²) in [5, 5.41) is 0. The zero-order valence-electron chi connectivity index (χ0n) is 9.67. The number of carbonyl (C=O) groups is 1. The number of halogens is 1. The van der Waals surface area contributed by atoms with Gasteiger partial charge in [0.1, 0.15) is 5.82 Å². The number of benzene rings is 1. The maximum absolute atomic E-state index is 13.1. The summed E-state index contributed by atoms with van der Waals surface area (Å²) in [6.45, 7) is 0. The van der Waals surface area contributed by atoms with Gasteiger partial charge in [-0.1, -0.05) is 0 Å². The molecule has 5 heteroatoms. The molecule has 0 aliphatic rings. The molecular formula is C13H11FN2OS. The van der Waals surface area contributed by atoms with E-state index >= 15 is 0 Å². The van der Waals surface area contributed by atoms with Gasteiger partial charge < -0.3 is 4.90 Å². The molecule has 0 atom stereocenters. The Hall–Kier alpha value is -1.88. The number of hydrogen-bond acceptors (Lipinski definition) is 3. The molecule has 0 spiro atoms. The SMILES string of the molecule is CN(C(=O)c1ccc(F)c(S)c1)c1cccnc1. The van der Waals surface area contributed by atoms with Crippen molar-refractivity contribution >= 4 is 24.2 Å². The number of aromatic nitrogens is 1. The maximum Gasteiger partial charge on any atom is 0.258 e. The largest absolute Gasteiger partial charge is 0.310 e. The number of anilines is 1. The highest BCUT2D eigenvalue weighted by atomic mass is 32.1. The zero-order chi connectivity index (χ0) is 13.1. The highest BCUT2D eigenvalue weighted by Gasteiger charge is 2.14. The first-order valence-corrected chi connectivity index (χ1v) is 5.71. The molecule has 3 nitrogen and oxygen atoms in total. The minimum Gasteiger partial charge on any atom is -0.310 e. The first-order chi connectivity index (χ1) is 8.59. The second-order valence-electron chi connectivity index (χ2n) is 3.74. The Labute approximate surface area is 110 Å². The number of carbonyl (C=O) groups excluding carboxylic acids is 1. The van der Waals surface area contributed by atoms with Crippen LogP contribution in [0, 0.1) is 5.82 Å². The Bertz CT molecular complexity index is 574. The highest BCUT2D eigenvalue weighted by Crippen LogP contribution is 2.18. The van der Waals surface area contributed by atoms with Crippen LogP contribution >= 0.6 is 12.6 Å². The van der Waals surface area contributed by atoms with Gasteiger partial charge in [0.05, 0.1) is 11.9 Å². The Morgan fingerprint density at radius 2 is 2.17 bits per heavy atom. The number of amides is 1. The van der Waals surface area contributed by atoms with Crippen LogP contribution in [0.1, 0.15) is 10.4 Å². The third kappa shape index (κ3) is 2.51. The van der Waals surface area contributed by atoms with Gasteiger partial charge in [0.2, 0.25) is 0 Å². The van der Waals surface area contributed by atoms with Gasteiger partial charge in [0.15, 0.2) is 0 Å². The van der Waals surface area contributed by atoms with Crippen LogP contribution < -0.4 is 4.90 Å². The Kier molecular flexibility index (Phi) is 3.62. The number of rotatable bonds is 2. The van der Waals surface area contributed by atoms with Crippen LogP contribution in [0.3, 0.4) is 0 Å². The predicted octanol–water partition coefficient (Wildman–Crippen LogP) is 2.79. The van der Waals surface area contributed by atoms with Crippen molar-refractivity contribution in [2.24, 2.45) is 0 Å². The molecule has 2 aromatic rings. The molecular weight excluding hydrogens is 251 g/mol. The molecule has 0 bridgehead atoms. The van der Waals surface area contributed by atoms with Crippen LogP contribution in [-0.2, 0) is 0 Å². The van der Waals surface area contributed by atoms with E-state index in [1.165, 1.54) is 23.1 Å². The average molecular weight is 262 g/mol. The van der Waals surface area contributed by atoms with Gasteiger partial charge in [-0.05, 0) is 30.3 Å². The smallest absolute Gasteiger partial charge is 0.258 e. The van der Waals surface area contributed by atoms with E-state index in [9.17, 15) is 9.18 Å². The van der Waals surface area contributed by atoms with Gasteiger partial charge in [0.25, 0.3) is 5.91 Å². The van der Waals surface area contributed by atoms with E-state index in [1.807, 2.05) is 0 Å². The van der Waals surface area contributed by atoms with Crippen molar-refractivity contribution in [3.63, 3.8) is 0 Å². The Balaban J connectivity index is 2.29. The van der Waals surface area contributed by atoms with Gasteiger partial charge in [-0.15, -0.1) is 12.6 Å². The molecule has 0 saturated heterocycles. The molecule has 0 aliphatic carbocycles. The van der Waals surface area contributed by atoms with E-state index in [0.717, 1.165) is 0 Å². The third-order valence-corrected chi connectivity index (χ3v) is 2.87. The average Bonchev–Trinajstić information content (AvgIpc) is 2.41. The van der Waals surface area contributed by atoms with Crippen LogP contribution in [0.25, 0.3) is 0 Å². The first kappa shape index (κ1) is 12.6. The molecule has 2 rings (SSSR count). The predicted molar refractivity (Wildman–Crippen MR) is 70.6 cm³/mol. The zero-order valence-corrected chi connectivity index (χ0v) is 10.6. The van der Waals surface area contributed by atoms with Crippen molar-refractivity contribution in [2.45, 2.75) is 4.90 Å². The minimum absolute atomic E-state index is 0.153. The third-order valence-electron chi connectivity index (χ3n) is 2.53. The Morgan fingerprint density at radius 1 is 1.39 bits per heavy atom. The summed E-state index contributed by atoms with van der Waals surface area (Å²) < 4.78 is 13.1. The van der Waals surface area contributed by atoms with Crippen LogP contribution in [0.15, 0.2) is 47.6 Å². The fraction of sp³-hybridized carbons (Fsp3) is 0.0769. The van der Waals surface area contributed by atoms with Crippen molar-refractivity contribution in [3.8, 4) is 0 Å². The summed E-state index contributed by atoms with van der Waals surface area (Å²) in [7, 11) is 1.64. The second-order valence-corrected chi connectivity index (χ2v) is 4.22. The molecule has 1 heterocycles. The lowest BCUT2D eigenvalue weighted by molar-refractivity contribution is 0.0992. The molecule has 18 heavy (non-hydrogen) atoms. The summed E-state index contributed by atoms with van der Waals surface area (Å²) in [6.07, 6.45) is 3.22. The van der Waals surface area contributed by atoms with Gasteiger partial charge in [-0.3, -0.25) is 9.78 Å². The van der Waals surface area contributed by atoms with Crippen molar-refractivity contribution in [2.75, 3.05) is 11.9 Å². The lowest BCUT2D eigenvalue weighted by Gasteiger charge is -2.17. The second kappa shape index (κ2) is 5.18. The number of pyridine rings is 1. The highest BCUT2D eigenvalue weighted by molar-refractivity contribution is 7.80. The topological polar surface area (TPSA) is 33.2 Å². The van der Waals surface area contributed by atoms with Crippen LogP contribution in [0.5, 0.6) is 0 Å². The van der Waals surface area contributed by atoms with Crippen LogP contribution in [0.4, 0.5) is 10.1 Å². The minimum atomic E-state index is -0.445. The van der Waals surface area contributed by atoms with Crippen LogP contribution in [-0.4, -0.2) is 17.9 Å². The molecule has 0 radical (unpaired) electrons. The molecule has 0 unspecified atom stereocenters. The summed E-state index contributed by atoms with van der Waals surface area (Å²) in [6, 6.07) is 7.59. The molecule has 1 aromatic heterocycles. The fourth-order valence-corrected chi connectivity index (χ4v) is 1.72. The van der Waals surface area contributed by atoms with E-state index in [2.05, 4.69) is 17.6 Å². The summed E-state index contributed by atoms with van der Waals surface area (Å²) in [4.78, 5) is 17.7. The van der Waals surface area contributed by atoms with Crippen molar-refractivity contribution in [3.05, 3.63) is 54.1 Å². The summed E-state index contributed by atoms with van der Waals surface area (Å²) >= 11 is 3.96. The van der Waals surface area contributed by atoms with Crippen molar-refractivity contribution in [1.82, 2.24) is 4.98 Å². The first-order valence-electron chi connectivity index (χ1n) is 5.26. The van der Waals surface area contributed by atoms with Gasteiger partial charge in [-0.2, -0.15) is 0 Å². The number of hydrogen-bond donors (Lipinski definition) is 1. The number of thiol groups is 1. The van der Waals surface area contributed by atoms with Crippen molar-refractivity contribution in [1.29, 1.82) is 0 Å². The van der Waals surface area contributed by atoms with Crippen LogP contribution in [0.2, 0.25) is 0 Å². The Morgan fingerprint density at radius 3 is 2.78 bits per heavy atom. The normalized spacial score (nSPS) is 10.2. The quantitative estimate of drug-likeness (QED) is 0.844. The molecule has 0 saturated carbocycles. The maximum atomic E-state index is 13.1. The standard InChI is InChI=1S/C13H11FN2OS/c1-16(10-3-2-6-15-8-10)13(17)9-4-5-11(14)12(18)7-9/h2-8,18H,1H3. The lowest BCUT2D eigenvalue weighted by atomic mass is 10.2. The van der Waals surface area contributed by atoms with E-state index in [-0.39, 0.29) is 10.8 Å². The van der Waals surface area contributed by atoms with E-state index < -0.39 is 5.82 Å². The van der Waals surface area contributed by atoms with E-state index in [1.54, 1.807) is 31.6 Å². The van der Waals surface area contributed by atoms with Crippen molar-refractivity contribution < 1.29 is 9.18 Å². The molecule has 0 fully saturated rings. The molecule has 0 aliphatic heterocycles. The van der Waals surface area contributed by atoms with Gasteiger partial charge in [-0.25, -0.2) is 4.39 Å². The molecule has 92 valence electrons. The van der Waals surface area contributed by atoms with E-state index in [0.29, 0.717) is 11.3 Å². The summed E-state index contributed by atoms with van der Waals surface area (Å²) in [5.74, 6) is -0.683. The molecule has 1 amide bonds. The van der Waals surface area contributed by atoms with Gasteiger partial charge in [0, 0.05) is 23.7 Å². The fourth-order valence-electron chi connectivity index (χ4n) is 1.51.